The molecule has 0 aliphatic heterocycles. The Kier molecular flexibility index (Phi) is 4.73. The van der Waals surface area contributed by atoms with Crippen LogP contribution in [0.2, 0.25) is 0 Å². The second kappa shape index (κ2) is 6.52. The molecule has 1 atom stereocenters. The largest absolute Gasteiger partial charge is 0.323 e. The van der Waals surface area contributed by atoms with E-state index >= 15 is 0 Å². The summed E-state index contributed by atoms with van der Waals surface area (Å²) in [6.07, 6.45) is 0. The maximum Gasteiger partial charge on any atom is 0.323 e. The average Bonchev–Trinajstić information content (AvgIpc) is 2.48. The zero-order valence-corrected chi connectivity index (χ0v) is 12.3. The molecule has 0 amide bonds. The molecule has 0 aliphatic carbocycles. The quantitative estimate of drug-likeness (QED) is 0.501. The molecule has 7 heteroatoms. The lowest BCUT2D eigenvalue weighted by Crippen LogP contribution is -2.14. The Morgan fingerprint density at radius 3 is 2.29 bits per heavy atom. The van der Waals surface area contributed by atoms with Gasteiger partial charge in [0, 0.05) is 17.8 Å². The Bertz CT molecular complexity index is 658. The summed E-state index contributed by atoms with van der Waals surface area (Å²) in [5, 5.41) is 13.9. The molecule has 1 N–H and O–H groups in total. The molecule has 0 aromatic heterocycles. The van der Waals surface area contributed by atoms with Crippen molar-refractivity contribution >= 4 is 24.2 Å². The summed E-state index contributed by atoms with van der Waals surface area (Å²) in [5.41, 5.74) is 0.606. The van der Waals surface area contributed by atoms with Gasteiger partial charge >= 0.3 is 7.52 Å². The van der Waals surface area contributed by atoms with Crippen LogP contribution < -0.4 is 10.4 Å². The van der Waals surface area contributed by atoms with Crippen molar-refractivity contribution in [2.45, 2.75) is 6.92 Å². The van der Waals surface area contributed by atoms with Gasteiger partial charge in [0.15, 0.2) is 0 Å². The molecule has 6 nitrogen and oxygen atoms in total. The first-order valence-electron chi connectivity index (χ1n) is 6.38. The lowest BCUT2D eigenvalue weighted by atomic mass is 10.3. The molecule has 0 spiro atoms. The van der Waals surface area contributed by atoms with E-state index in [0.29, 0.717) is 11.0 Å². The normalized spacial score (nSPS) is 13.4. The molecule has 1 unspecified atom stereocenters. The predicted molar refractivity (Wildman–Crippen MR) is 82.0 cm³/mol. The summed E-state index contributed by atoms with van der Waals surface area (Å²) in [6, 6.07) is 14.6. The van der Waals surface area contributed by atoms with E-state index in [1.807, 2.05) is 18.2 Å². The number of nitro groups is 1. The molecule has 0 fully saturated rings. The smallest absolute Gasteiger partial charge is 0.312 e. The fourth-order valence-electron chi connectivity index (χ4n) is 1.81. The second-order valence-electron chi connectivity index (χ2n) is 4.22. The molecule has 0 bridgehead atoms. The van der Waals surface area contributed by atoms with Crippen molar-refractivity contribution in [1.82, 2.24) is 0 Å². The first kappa shape index (κ1) is 15.2. The number of hydrogen-bond donors (Lipinski definition) is 1. The van der Waals surface area contributed by atoms with Gasteiger partial charge in [-0.05, 0) is 31.2 Å². The van der Waals surface area contributed by atoms with E-state index in [2.05, 4.69) is 5.09 Å². The van der Waals surface area contributed by atoms with Gasteiger partial charge in [0.25, 0.3) is 5.69 Å². The molecule has 110 valence electrons. The zero-order chi connectivity index (χ0) is 15.3. The van der Waals surface area contributed by atoms with Crippen molar-refractivity contribution in [3.63, 3.8) is 0 Å². The molecule has 2 rings (SSSR count). The lowest BCUT2D eigenvalue weighted by Gasteiger charge is -2.20. The van der Waals surface area contributed by atoms with E-state index in [9.17, 15) is 14.7 Å². The van der Waals surface area contributed by atoms with Crippen LogP contribution >= 0.6 is 7.52 Å². The van der Waals surface area contributed by atoms with Gasteiger partial charge in [0.2, 0.25) is 0 Å². The first-order valence-corrected chi connectivity index (χ1v) is 8.00. The Morgan fingerprint density at radius 2 is 1.76 bits per heavy atom. The molecule has 2 aromatic rings. The highest BCUT2D eigenvalue weighted by Crippen LogP contribution is 2.45. The monoisotopic (exact) mass is 306 g/mol. The third-order valence-electron chi connectivity index (χ3n) is 2.76. The summed E-state index contributed by atoms with van der Waals surface area (Å²) in [4.78, 5) is 10.2. The van der Waals surface area contributed by atoms with Crippen LogP contribution in [0, 0.1) is 10.1 Å². The standard InChI is InChI=1S/C14H15N2O4P/c1-2-20-21(19,15-12-6-4-3-5-7-12)14-10-8-13(9-11-14)16(17)18/h3-11H,2H2,1H3,(H,15,19). The van der Waals surface area contributed by atoms with E-state index in [4.69, 9.17) is 4.52 Å². The molecule has 0 saturated carbocycles. The maximum absolute atomic E-state index is 13.0. The first-order chi connectivity index (χ1) is 10.0. The summed E-state index contributed by atoms with van der Waals surface area (Å²) in [5.74, 6) is 0. The van der Waals surface area contributed by atoms with Crippen LogP contribution in [0.3, 0.4) is 0 Å². The summed E-state index contributed by atoms with van der Waals surface area (Å²) in [6.45, 7) is 2.00. The number of para-hydroxylation sites is 1. The van der Waals surface area contributed by atoms with E-state index < -0.39 is 12.4 Å². The minimum Gasteiger partial charge on any atom is -0.312 e. The van der Waals surface area contributed by atoms with Crippen molar-refractivity contribution in [2.24, 2.45) is 0 Å². The minimum atomic E-state index is -3.32. The number of nitro benzene ring substituents is 1. The van der Waals surface area contributed by atoms with Crippen molar-refractivity contribution in [3.05, 3.63) is 64.7 Å². The van der Waals surface area contributed by atoms with Crippen LogP contribution in [-0.4, -0.2) is 11.5 Å². The minimum absolute atomic E-state index is 0.0542. The number of nitrogens with zero attached hydrogens (tertiary/aromatic N) is 1. The number of anilines is 1. The van der Waals surface area contributed by atoms with Gasteiger partial charge in [-0.25, -0.2) is 0 Å². The fourth-order valence-corrected chi connectivity index (χ4v) is 3.54. The Labute approximate surface area is 122 Å². The Hall–Kier alpha value is -2.17. The van der Waals surface area contributed by atoms with Crippen molar-refractivity contribution in [2.75, 3.05) is 11.7 Å². The maximum atomic E-state index is 13.0. The molecule has 21 heavy (non-hydrogen) atoms. The fraction of sp³-hybridized carbons (Fsp3) is 0.143. The average molecular weight is 306 g/mol. The van der Waals surface area contributed by atoms with Gasteiger partial charge in [0.05, 0.1) is 16.8 Å². The van der Waals surface area contributed by atoms with Gasteiger partial charge in [-0.15, -0.1) is 0 Å². The summed E-state index contributed by atoms with van der Waals surface area (Å²) < 4.78 is 18.4. The van der Waals surface area contributed by atoms with Crippen LogP contribution in [0.15, 0.2) is 54.6 Å². The SMILES string of the molecule is CCOP(=O)(Nc1ccccc1)c1ccc([N+](=O)[O-])cc1. The van der Waals surface area contributed by atoms with Crippen molar-refractivity contribution in [1.29, 1.82) is 0 Å². The predicted octanol–water partition coefficient (Wildman–Crippen LogP) is 3.56. The van der Waals surface area contributed by atoms with Crippen molar-refractivity contribution < 1.29 is 14.0 Å². The van der Waals surface area contributed by atoms with E-state index in [-0.39, 0.29) is 12.3 Å². The molecule has 2 aromatic carbocycles. The molecule has 0 heterocycles. The Balaban J connectivity index is 2.33. The zero-order valence-electron chi connectivity index (χ0n) is 11.4. The third-order valence-corrected chi connectivity index (χ3v) is 4.91. The van der Waals surface area contributed by atoms with Gasteiger partial charge < -0.3 is 9.61 Å². The molecular weight excluding hydrogens is 291 g/mol. The van der Waals surface area contributed by atoms with Crippen LogP contribution in [-0.2, 0) is 9.09 Å². The van der Waals surface area contributed by atoms with Crippen LogP contribution in [0.1, 0.15) is 6.92 Å². The highest BCUT2D eigenvalue weighted by Gasteiger charge is 2.26. The lowest BCUT2D eigenvalue weighted by molar-refractivity contribution is -0.384. The van der Waals surface area contributed by atoms with E-state index in [0.717, 1.165) is 0 Å². The van der Waals surface area contributed by atoms with Gasteiger partial charge in [-0.3, -0.25) is 14.7 Å². The Morgan fingerprint density at radius 1 is 1.14 bits per heavy atom. The number of rotatable bonds is 6. The molecular formula is C14H15N2O4P. The van der Waals surface area contributed by atoms with E-state index in [1.54, 1.807) is 19.1 Å². The third kappa shape index (κ3) is 3.68. The van der Waals surface area contributed by atoms with Crippen LogP contribution in [0.5, 0.6) is 0 Å². The van der Waals surface area contributed by atoms with Crippen LogP contribution in [0.4, 0.5) is 11.4 Å². The highest BCUT2D eigenvalue weighted by atomic mass is 31.2. The molecule has 0 radical (unpaired) electrons. The number of nitrogens with one attached hydrogen (secondary N) is 1. The van der Waals surface area contributed by atoms with Crippen LogP contribution in [0.25, 0.3) is 0 Å². The van der Waals surface area contributed by atoms with Gasteiger partial charge in [-0.2, -0.15) is 0 Å². The van der Waals surface area contributed by atoms with Gasteiger partial charge in [-0.1, -0.05) is 18.2 Å². The number of hydrogen-bond acceptors (Lipinski definition) is 4. The van der Waals surface area contributed by atoms with Crippen molar-refractivity contribution in [3.8, 4) is 0 Å². The van der Waals surface area contributed by atoms with Gasteiger partial charge in [0.1, 0.15) is 0 Å². The summed E-state index contributed by atoms with van der Waals surface area (Å²) in [7, 11) is -3.32. The van der Waals surface area contributed by atoms with E-state index in [1.165, 1.54) is 24.3 Å². The molecule has 0 saturated heterocycles. The number of non-ortho nitro benzene ring substituents is 1. The summed E-state index contributed by atoms with van der Waals surface area (Å²) >= 11 is 0. The number of benzene rings is 2. The molecule has 0 aliphatic rings. The second-order valence-corrected chi connectivity index (χ2v) is 6.32. The highest BCUT2D eigenvalue weighted by molar-refractivity contribution is 7.68. The topological polar surface area (TPSA) is 81.5 Å².